The maximum atomic E-state index is 11.9. The van der Waals surface area contributed by atoms with Gasteiger partial charge in [-0.15, -0.1) is 0 Å². The van der Waals surface area contributed by atoms with Gasteiger partial charge in [0, 0.05) is 6.42 Å². The fraction of sp³-hybridized carbons (Fsp3) is 0.467. The van der Waals surface area contributed by atoms with Gasteiger partial charge in [0.05, 0.1) is 19.3 Å². The number of carbonyl (C=O) groups is 2. The number of benzene rings is 1. The van der Waals surface area contributed by atoms with E-state index in [1.165, 1.54) is 7.11 Å². The summed E-state index contributed by atoms with van der Waals surface area (Å²) in [5, 5.41) is 0. The Kier molecular flexibility index (Phi) is 6.06. The van der Waals surface area contributed by atoms with E-state index in [2.05, 4.69) is 4.74 Å². The number of aryl methyl sites for hydroxylation is 1. The Morgan fingerprint density at radius 3 is 2.53 bits per heavy atom. The van der Waals surface area contributed by atoms with Crippen LogP contribution in [0.2, 0.25) is 0 Å². The molecule has 0 N–H and O–H groups in total. The van der Waals surface area contributed by atoms with Crippen molar-refractivity contribution in [2.24, 2.45) is 0 Å². The van der Waals surface area contributed by atoms with Crippen LogP contribution in [0, 0.1) is 0 Å². The van der Waals surface area contributed by atoms with Crippen LogP contribution < -0.4 is 0 Å². The third-order valence-electron chi connectivity index (χ3n) is 2.95. The molecule has 0 spiro atoms. The SMILES string of the molecule is CCOC(=O)c1cccc(CCC(=O)OC)c1CC. The van der Waals surface area contributed by atoms with Crippen molar-refractivity contribution in [3.63, 3.8) is 0 Å². The number of esters is 2. The fourth-order valence-electron chi connectivity index (χ4n) is 2.03. The molecule has 1 rings (SSSR count). The molecule has 0 atom stereocenters. The topological polar surface area (TPSA) is 52.6 Å². The first-order valence-electron chi connectivity index (χ1n) is 6.48. The fourth-order valence-corrected chi connectivity index (χ4v) is 2.03. The minimum Gasteiger partial charge on any atom is -0.469 e. The van der Waals surface area contributed by atoms with E-state index in [1.807, 2.05) is 19.1 Å². The molecule has 0 aliphatic rings. The molecule has 0 fully saturated rings. The van der Waals surface area contributed by atoms with E-state index in [-0.39, 0.29) is 11.9 Å². The normalized spacial score (nSPS) is 10.1. The number of carbonyl (C=O) groups excluding carboxylic acids is 2. The molecule has 0 amide bonds. The van der Waals surface area contributed by atoms with Crippen LogP contribution in [0.15, 0.2) is 18.2 Å². The van der Waals surface area contributed by atoms with Crippen LogP contribution in [0.3, 0.4) is 0 Å². The average Bonchev–Trinajstić information content (AvgIpc) is 2.44. The minimum atomic E-state index is -0.306. The predicted molar refractivity (Wildman–Crippen MR) is 72.1 cm³/mol. The Bertz CT molecular complexity index is 451. The number of hydrogen-bond donors (Lipinski definition) is 0. The quantitative estimate of drug-likeness (QED) is 0.741. The lowest BCUT2D eigenvalue weighted by atomic mass is 9.96. The molecule has 0 heterocycles. The molecule has 0 aliphatic heterocycles. The first-order chi connectivity index (χ1) is 9.13. The zero-order valence-corrected chi connectivity index (χ0v) is 11.7. The third-order valence-corrected chi connectivity index (χ3v) is 2.95. The molecule has 0 bridgehead atoms. The van der Waals surface area contributed by atoms with Gasteiger partial charge >= 0.3 is 11.9 Å². The van der Waals surface area contributed by atoms with Gasteiger partial charge in [-0.2, -0.15) is 0 Å². The van der Waals surface area contributed by atoms with Crippen molar-refractivity contribution >= 4 is 11.9 Å². The number of rotatable bonds is 6. The zero-order valence-electron chi connectivity index (χ0n) is 11.7. The molecule has 19 heavy (non-hydrogen) atoms. The van der Waals surface area contributed by atoms with Gasteiger partial charge in [0.1, 0.15) is 0 Å². The molecule has 0 saturated carbocycles. The standard InChI is InChI=1S/C15H20O4/c1-4-12-11(9-10-14(16)18-3)7-6-8-13(12)15(17)19-5-2/h6-8H,4-5,9-10H2,1-3H3. The van der Waals surface area contributed by atoms with E-state index in [0.717, 1.165) is 17.5 Å². The van der Waals surface area contributed by atoms with Gasteiger partial charge in [-0.1, -0.05) is 19.1 Å². The number of hydrogen-bond acceptors (Lipinski definition) is 4. The Morgan fingerprint density at radius 1 is 1.21 bits per heavy atom. The first kappa shape index (κ1) is 15.2. The second kappa shape index (κ2) is 7.56. The van der Waals surface area contributed by atoms with Gasteiger partial charge in [0.2, 0.25) is 0 Å². The highest BCUT2D eigenvalue weighted by Gasteiger charge is 2.15. The summed E-state index contributed by atoms with van der Waals surface area (Å²) in [6, 6.07) is 5.51. The molecule has 0 unspecified atom stereocenters. The van der Waals surface area contributed by atoms with Crippen molar-refractivity contribution in [1.29, 1.82) is 0 Å². The average molecular weight is 264 g/mol. The number of ether oxygens (including phenoxy) is 2. The van der Waals surface area contributed by atoms with Crippen LogP contribution in [-0.2, 0) is 27.1 Å². The molecule has 0 saturated heterocycles. The van der Waals surface area contributed by atoms with E-state index in [9.17, 15) is 9.59 Å². The summed E-state index contributed by atoms with van der Waals surface area (Å²) in [4.78, 5) is 23.0. The van der Waals surface area contributed by atoms with Crippen LogP contribution in [-0.4, -0.2) is 25.7 Å². The molecular weight excluding hydrogens is 244 g/mol. The van der Waals surface area contributed by atoms with Crippen molar-refractivity contribution in [2.45, 2.75) is 33.1 Å². The van der Waals surface area contributed by atoms with Gasteiger partial charge in [0.15, 0.2) is 0 Å². The molecule has 0 radical (unpaired) electrons. The maximum absolute atomic E-state index is 11.9. The van der Waals surface area contributed by atoms with Crippen LogP contribution >= 0.6 is 0 Å². The molecule has 104 valence electrons. The second-order valence-corrected chi connectivity index (χ2v) is 4.09. The lowest BCUT2D eigenvalue weighted by Gasteiger charge is -2.12. The zero-order chi connectivity index (χ0) is 14.3. The summed E-state index contributed by atoms with van der Waals surface area (Å²) >= 11 is 0. The first-order valence-corrected chi connectivity index (χ1v) is 6.48. The summed E-state index contributed by atoms with van der Waals surface area (Å²) < 4.78 is 9.67. The molecule has 4 heteroatoms. The third kappa shape index (κ3) is 4.09. The van der Waals surface area contributed by atoms with Gasteiger partial charge in [-0.05, 0) is 37.0 Å². The van der Waals surface area contributed by atoms with Gasteiger partial charge in [-0.3, -0.25) is 4.79 Å². The van der Waals surface area contributed by atoms with Gasteiger partial charge in [0.25, 0.3) is 0 Å². The highest BCUT2D eigenvalue weighted by atomic mass is 16.5. The Morgan fingerprint density at radius 2 is 1.95 bits per heavy atom. The predicted octanol–water partition coefficient (Wildman–Crippen LogP) is 2.53. The summed E-state index contributed by atoms with van der Waals surface area (Å²) in [5.41, 5.74) is 2.54. The summed E-state index contributed by atoms with van der Waals surface area (Å²) in [7, 11) is 1.37. The number of methoxy groups -OCH3 is 1. The van der Waals surface area contributed by atoms with Crippen molar-refractivity contribution in [3.8, 4) is 0 Å². The van der Waals surface area contributed by atoms with Gasteiger partial charge in [-0.25, -0.2) is 4.79 Å². The van der Waals surface area contributed by atoms with Crippen LogP contribution in [0.4, 0.5) is 0 Å². The van der Waals surface area contributed by atoms with Crippen molar-refractivity contribution in [1.82, 2.24) is 0 Å². The molecule has 1 aromatic carbocycles. The Hall–Kier alpha value is -1.84. The summed E-state index contributed by atoms with van der Waals surface area (Å²) in [6.07, 6.45) is 1.62. The van der Waals surface area contributed by atoms with Crippen LogP contribution in [0.25, 0.3) is 0 Å². The van der Waals surface area contributed by atoms with E-state index >= 15 is 0 Å². The van der Waals surface area contributed by atoms with Crippen LogP contribution in [0.1, 0.15) is 41.8 Å². The summed E-state index contributed by atoms with van der Waals surface area (Å²) in [5.74, 6) is -0.553. The molecule has 0 aromatic heterocycles. The van der Waals surface area contributed by atoms with E-state index in [1.54, 1.807) is 13.0 Å². The minimum absolute atomic E-state index is 0.247. The monoisotopic (exact) mass is 264 g/mol. The van der Waals surface area contributed by atoms with Crippen molar-refractivity contribution in [3.05, 3.63) is 34.9 Å². The molecule has 0 aliphatic carbocycles. The van der Waals surface area contributed by atoms with E-state index < -0.39 is 0 Å². The lowest BCUT2D eigenvalue weighted by molar-refractivity contribution is -0.140. The van der Waals surface area contributed by atoms with Gasteiger partial charge < -0.3 is 9.47 Å². The highest BCUT2D eigenvalue weighted by Crippen LogP contribution is 2.18. The van der Waals surface area contributed by atoms with Crippen molar-refractivity contribution < 1.29 is 19.1 Å². The van der Waals surface area contributed by atoms with Crippen LogP contribution in [0.5, 0.6) is 0 Å². The maximum Gasteiger partial charge on any atom is 0.338 e. The van der Waals surface area contributed by atoms with E-state index in [0.29, 0.717) is 25.0 Å². The molecular formula is C15H20O4. The smallest absolute Gasteiger partial charge is 0.338 e. The lowest BCUT2D eigenvalue weighted by Crippen LogP contribution is -2.11. The van der Waals surface area contributed by atoms with E-state index in [4.69, 9.17) is 4.74 Å². The molecule has 1 aromatic rings. The highest BCUT2D eigenvalue weighted by molar-refractivity contribution is 5.91. The summed E-state index contributed by atoms with van der Waals surface area (Å²) in [6.45, 7) is 4.12. The van der Waals surface area contributed by atoms with Crippen molar-refractivity contribution in [2.75, 3.05) is 13.7 Å². The Labute approximate surface area is 113 Å². The largest absolute Gasteiger partial charge is 0.469 e. The Balaban J connectivity index is 2.96. The molecule has 4 nitrogen and oxygen atoms in total. The second-order valence-electron chi connectivity index (χ2n) is 4.09.